The van der Waals surface area contributed by atoms with Gasteiger partial charge in [0.1, 0.15) is 0 Å². The van der Waals surface area contributed by atoms with Crippen LogP contribution in [0.2, 0.25) is 0 Å². The third-order valence-electron chi connectivity index (χ3n) is 6.56. The van der Waals surface area contributed by atoms with Crippen molar-refractivity contribution >= 4 is 33.2 Å². The lowest BCUT2D eigenvalue weighted by molar-refractivity contribution is -0.120. The Balaban J connectivity index is 1.44. The topological polar surface area (TPSA) is 42.6 Å². The van der Waals surface area contributed by atoms with Crippen LogP contribution in [0.25, 0.3) is 10.9 Å². The van der Waals surface area contributed by atoms with Crippen LogP contribution in [0.15, 0.2) is 46.9 Å². The highest BCUT2D eigenvalue weighted by Crippen LogP contribution is 2.38. The summed E-state index contributed by atoms with van der Waals surface area (Å²) in [6.45, 7) is 6.23. The summed E-state index contributed by atoms with van der Waals surface area (Å²) < 4.78 is 1.08. The molecule has 5 nitrogen and oxygen atoms in total. The molecule has 1 unspecified atom stereocenters. The van der Waals surface area contributed by atoms with Crippen LogP contribution < -0.4 is 0 Å². The van der Waals surface area contributed by atoms with Crippen molar-refractivity contribution in [3.63, 3.8) is 0 Å². The van der Waals surface area contributed by atoms with Crippen LogP contribution in [0.3, 0.4) is 0 Å². The van der Waals surface area contributed by atoms with Gasteiger partial charge in [-0.15, -0.1) is 0 Å². The highest BCUT2D eigenvalue weighted by atomic mass is 79.9. The SMILES string of the molecule is CN1CCN(Cc2ccc(C3c4[nH]c5ccc(Br)cc5c4CCN3C=O)cc2)CC1. The van der Waals surface area contributed by atoms with Gasteiger partial charge in [-0.05, 0) is 48.4 Å². The minimum absolute atomic E-state index is 0.0601. The number of amides is 1. The minimum Gasteiger partial charge on any atom is -0.356 e. The zero-order chi connectivity index (χ0) is 20.7. The average molecular weight is 467 g/mol. The molecule has 2 aliphatic heterocycles. The molecule has 6 heteroatoms. The third kappa shape index (κ3) is 3.68. The lowest BCUT2D eigenvalue weighted by Crippen LogP contribution is -2.43. The van der Waals surface area contributed by atoms with E-state index < -0.39 is 0 Å². The molecule has 1 atom stereocenters. The Morgan fingerprint density at radius 1 is 1.07 bits per heavy atom. The summed E-state index contributed by atoms with van der Waals surface area (Å²) in [6.07, 6.45) is 1.87. The number of H-pyrrole nitrogens is 1. The second-order valence-corrected chi connectivity index (χ2v) is 9.44. The van der Waals surface area contributed by atoms with Gasteiger partial charge in [-0.1, -0.05) is 40.2 Å². The Hall–Kier alpha value is -2.15. The number of benzene rings is 2. The number of hydrogen-bond acceptors (Lipinski definition) is 3. The molecule has 3 aromatic rings. The van der Waals surface area contributed by atoms with E-state index in [-0.39, 0.29) is 6.04 Å². The molecule has 3 heterocycles. The molecule has 156 valence electrons. The van der Waals surface area contributed by atoms with Crippen LogP contribution in [0.5, 0.6) is 0 Å². The maximum Gasteiger partial charge on any atom is 0.210 e. The van der Waals surface area contributed by atoms with E-state index in [4.69, 9.17) is 0 Å². The van der Waals surface area contributed by atoms with Crippen molar-refractivity contribution in [3.8, 4) is 0 Å². The van der Waals surface area contributed by atoms with E-state index in [2.05, 4.69) is 80.2 Å². The second-order valence-electron chi connectivity index (χ2n) is 8.52. The predicted molar refractivity (Wildman–Crippen MR) is 124 cm³/mol. The van der Waals surface area contributed by atoms with Crippen LogP contribution >= 0.6 is 15.9 Å². The lowest BCUT2D eigenvalue weighted by atomic mass is 9.92. The van der Waals surface area contributed by atoms with Crippen LogP contribution in [-0.2, 0) is 17.8 Å². The van der Waals surface area contributed by atoms with Gasteiger partial charge in [-0.3, -0.25) is 9.69 Å². The standard InChI is InChI=1S/C24H27BrN4O/c1-27-10-12-28(13-11-27)15-17-2-4-18(5-3-17)24-23-20(8-9-29(24)16-30)21-14-19(25)6-7-22(21)26-23/h2-7,14,16,24,26H,8-13,15H2,1H3. The molecule has 0 spiro atoms. The molecule has 2 aromatic carbocycles. The van der Waals surface area contributed by atoms with E-state index in [9.17, 15) is 4.79 Å². The van der Waals surface area contributed by atoms with Crippen molar-refractivity contribution in [2.45, 2.75) is 19.0 Å². The largest absolute Gasteiger partial charge is 0.356 e. The monoisotopic (exact) mass is 466 g/mol. The number of likely N-dealkylation sites (N-methyl/N-ethyl adjacent to an activating group) is 1. The molecular weight excluding hydrogens is 440 g/mol. The predicted octanol–water partition coefficient (Wildman–Crippen LogP) is 3.78. The maximum atomic E-state index is 11.9. The van der Waals surface area contributed by atoms with Gasteiger partial charge in [-0.25, -0.2) is 0 Å². The molecule has 0 saturated carbocycles. The van der Waals surface area contributed by atoms with Crippen LogP contribution in [0.4, 0.5) is 0 Å². The molecule has 0 bridgehead atoms. The number of nitrogens with zero attached hydrogens (tertiary/aromatic N) is 3. The summed E-state index contributed by atoms with van der Waals surface area (Å²) in [5, 5.41) is 1.25. The number of halogens is 1. The molecule has 0 aliphatic carbocycles. The number of carbonyl (C=O) groups is 1. The summed E-state index contributed by atoms with van der Waals surface area (Å²) in [7, 11) is 2.19. The van der Waals surface area contributed by atoms with Gasteiger partial charge in [0.15, 0.2) is 0 Å². The van der Waals surface area contributed by atoms with Gasteiger partial charge in [0.2, 0.25) is 6.41 Å². The number of nitrogens with one attached hydrogen (secondary N) is 1. The zero-order valence-electron chi connectivity index (χ0n) is 17.3. The fraction of sp³-hybridized carbons (Fsp3) is 0.375. The van der Waals surface area contributed by atoms with Gasteiger partial charge in [0.25, 0.3) is 0 Å². The smallest absolute Gasteiger partial charge is 0.210 e. The quantitative estimate of drug-likeness (QED) is 0.594. The minimum atomic E-state index is -0.0601. The van der Waals surface area contributed by atoms with Gasteiger partial charge >= 0.3 is 0 Å². The van der Waals surface area contributed by atoms with Crippen molar-refractivity contribution < 1.29 is 4.79 Å². The Kier molecular flexibility index (Phi) is 5.39. The molecule has 1 amide bonds. The molecule has 2 aliphatic rings. The van der Waals surface area contributed by atoms with Crippen molar-refractivity contribution in [3.05, 3.63) is 69.3 Å². The number of aromatic nitrogens is 1. The van der Waals surface area contributed by atoms with Crippen molar-refractivity contribution in [1.29, 1.82) is 0 Å². The first-order valence-corrected chi connectivity index (χ1v) is 11.4. The molecule has 1 N–H and O–H groups in total. The molecule has 5 rings (SSSR count). The van der Waals surface area contributed by atoms with Crippen LogP contribution in [0.1, 0.15) is 28.4 Å². The highest BCUT2D eigenvalue weighted by Gasteiger charge is 2.31. The first kappa shape index (κ1) is 19.8. The lowest BCUT2D eigenvalue weighted by Gasteiger charge is -2.34. The first-order valence-electron chi connectivity index (χ1n) is 10.6. The molecular formula is C24H27BrN4O. The van der Waals surface area contributed by atoms with Gasteiger partial charge in [-0.2, -0.15) is 0 Å². The Morgan fingerprint density at radius 3 is 2.57 bits per heavy atom. The summed E-state index contributed by atoms with van der Waals surface area (Å²) in [4.78, 5) is 22.3. The maximum absolute atomic E-state index is 11.9. The summed E-state index contributed by atoms with van der Waals surface area (Å²) >= 11 is 3.60. The van der Waals surface area contributed by atoms with E-state index in [1.54, 1.807) is 0 Å². The summed E-state index contributed by atoms with van der Waals surface area (Å²) in [5.41, 5.74) is 6.10. The van der Waals surface area contributed by atoms with Crippen molar-refractivity contribution in [2.75, 3.05) is 39.8 Å². The van der Waals surface area contributed by atoms with Gasteiger partial charge in [0, 0.05) is 60.3 Å². The van der Waals surface area contributed by atoms with Crippen LogP contribution in [0, 0.1) is 0 Å². The fourth-order valence-corrected chi connectivity index (χ4v) is 5.18. The van der Waals surface area contributed by atoms with Crippen LogP contribution in [-0.4, -0.2) is 65.9 Å². The van der Waals surface area contributed by atoms with Crippen molar-refractivity contribution in [1.82, 2.24) is 19.7 Å². The van der Waals surface area contributed by atoms with E-state index in [1.807, 2.05) is 4.90 Å². The number of carbonyl (C=O) groups excluding carboxylic acids is 1. The Bertz CT molecular complexity index is 1050. The zero-order valence-corrected chi connectivity index (χ0v) is 18.9. The molecule has 0 radical (unpaired) electrons. The highest BCUT2D eigenvalue weighted by molar-refractivity contribution is 9.10. The van der Waals surface area contributed by atoms with E-state index in [0.29, 0.717) is 0 Å². The van der Waals surface area contributed by atoms with Crippen molar-refractivity contribution in [2.24, 2.45) is 0 Å². The normalized spacial score (nSPS) is 20.5. The number of hydrogen-bond donors (Lipinski definition) is 1. The number of aromatic amines is 1. The summed E-state index contributed by atoms with van der Waals surface area (Å²) in [6, 6.07) is 15.1. The van der Waals surface area contributed by atoms with Gasteiger partial charge < -0.3 is 14.8 Å². The summed E-state index contributed by atoms with van der Waals surface area (Å²) in [5.74, 6) is 0. The first-order chi connectivity index (χ1) is 14.6. The van der Waals surface area contributed by atoms with Gasteiger partial charge in [0.05, 0.1) is 6.04 Å². The molecule has 1 saturated heterocycles. The van der Waals surface area contributed by atoms with E-state index >= 15 is 0 Å². The Labute approximate surface area is 185 Å². The van der Waals surface area contributed by atoms with E-state index in [0.717, 1.165) is 73.3 Å². The van der Waals surface area contributed by atoms with E-state index in [1.165, 1.54) is 16.5 Å². The third-order valence-corrected chi connectivity index (χ3v) is 7.05. The molecule has 30 heavy (non-hydrogen) atoms. The average Bonchev–Trinajstić information content (AvgIpc) is 3.13. The molecule has 1 fully saturated rings. The second kappa shape index (κ2) is 8.17. The molecule has 1 aromatic heterocycles. The number of rotatable bonds is 4. The fourth-order valence-electron chi connectivity index (χ4n) is 4.82. The number of piperazine rings is 1. The Morgan fingerprint density at radius 2 is 1.83 bits per heavy atom. The number of fused-ring (bicyclic) bond motifs is 3.